The first-order valence-corrected chi connectivity index (χ1v) is 10.1. The van der Waals surface area contributed by atoms with Gasteiger partial charge in [0.2, 0.25) is 0 Å². The van der Waals surface area contributed by atoms with Gasteiger partial charge in [-0.2, -0.15) is 0 Å². The minimum atomic E-state index is -0.308. The van der Waals surface area contributed by atoms with Crippen molar-refractivity contribution in [3.63, 3.8) is 0 Å². The van der Waals surface area contributed by atoms with Gasteiger partial charge in [-0.25, -0.2) is 4.98 Å². The fourth-order valence-corrected chi connectivity index (χ4v) is 3.22. The summed E-state index contributed by atoms with van der Waals surface area (Å²) in [5.41, 5.74) is 1.85. The van der Waals surface area contributed by atoms with E-state index in [0.717, 1.165) is 18.9 Å². The summed E-state index contributed by atoms with van der Waals surface area (Å²) in [6.45, 7) is 1.64. The van der Waals surface area contributed by atoms with Gasteiger partial charge in [0.05, 0.1) is 16.3 Å². The number of rotatable bonds is 5. The molecule has 0 bridgehead atoms. The van der Waals surface area contributed by atoms with Crippen LogP contribution < -0.4 is 20.9 Å². The number of hydrogen-bond donors (Lipinski definition) is 3. The zero-order chi connectivity index (χ0) is 21.6. The van der Waals surface area contributed by atoms with Crippen LogP contribution in [0.1, 0.15) is 20.7 Å². The van der Waals surface area contributed by atoms with Gasteiger partial charge in [0, 0.05) is 42.9 Å². The second-order valence-corrected chi connectivity index (χ2v) is 7.24. The van der Waals surface area contributed by atoms with Crippen LogP contribution in [-0.2, 0) is 0 Å². The summed E-state index contributed by atoms with van der Waals surface area (Å²) in [6.07, 6.45) is 5.31. The molecule has 2 aromatic carbocycles. The highest BCUT2D eigenvalue weighted by atomic mass is 35.5. The van der Waals surface area contributed by atoms with Crippen molar-refractivity contribution in [2.75, 3.05) is 28.6 Å². The first-order valence-electron chi connectivity index (χ1n) is 9.70. The lowest BCUT2D eigenvalue weighted by Crippen LogP contribution is -2.31. The number of carbonyl (C=O) groups excluding carboxylic acids is 2. The summed E-state index contributed by atoms with van der Waals surface area (Å²) in [5.74, 6) is 0.178. The van der Waals surface area contributed by atoms with Crippen LogP contribution in [0, 0.1) is 0 Å². The largest absolute Gasteiger partial charge is 0.388 e. The highest BCUT2D eigenvalue weighted by Crippen LogP contribution is 2.26. The minimum absolute atomic E-state index is 0.285. The molecule has 3 N–H and O–H groups in total. The molecule has 1 aliphatic heterocycles. The fourth-order valence-electron chi connectivity index (χ4n) is 3.05. The number of amides is 2. The summed E-state index contributed by atoms with van der Waals surface area (Å²) < 4.78 is 0. The van der Waals surface area contributed by atoms with Gasteiger partial charge in [0.1, 0.15) is 5.82 Å². The van der Waals surface area contributed by atoms with Crippen molar-refractivity contribution in [1.29, 1.82) is 0 Å². The molecule has 0 radical (unpaired) electrons. The molecule has 0 fully saturated rings. The number of nitrogens with zero attached hydrogens (tertiary/aromatic N) is 2. The molecule has 1 aliphatic rings. The Labute approximate surface area is 184 Å². The highest BCUT2D eigenvalue weighted by molar-refractivity contribution is 6.34. The summed E-state index contributed by atoms with van der Waals surface area (Å²) in [4.78, 5) is 31.4. The molecule has 0 atom stereocenters. The molecule has 31 heavy (non-hydrogen) atoms. The van der Waals surface area contributed by atoms with E-state index in [1.165, 1.54) is 6.20 Å². The predicted octanol–water partition coefficient (Wildman–Crippen LogP) is 4.12. The van der Waals surface area contributed by atoms with Crippen LogP contribution in [0.3, 0.4) is 0 Å². The molecular weight excluding hydrogens is 414 g/mol. The molecule has 156 valence electrons. The van der Waals surface area contributed by atoms with E-state index in [0.29, 0.717) is 27.5 Å². The van der Waals surface area contributed by atoms with E-state index in [-0.39, 0.29) is 11.8 Å². The molecule has 3 aromatic rings. The zero-order valence-electron chi connectivity index (χ0n) is 16.5. The number of nitrogens with one attached hydrogen (secondary N) is 3. The summed E-state index contributed by atoms with van der Waals surface area (Å²) in [7, 11) is 0. The third kappa shape index (κ3) is 5.02. The molecule has 1 aromatic heterocycles. The van der Waals surface area contributed by atoms with Gasteiger partial charge in [-0.15, -0.1) is 0 Å². The normalized spacial score (nSPS) is 12.7. The Kier molecular flexibility index (Phi) is 6.14. The van der Waals surface area contributed by atoms with Crippen molar-refractivity contribution < 1.29 is 9.59 Å². The first-order chi connectivity index (χ1) is 15.1. The Bertz CT molecular complexity index is 1120. The molecule has 2 amide bonds. The van der Waals surface area contributed by atoms with Gasteiger partial charge in [0.15, 0.2) is 0 Å². The average molecular weight is 434 g/mol. The Morgan fingerprint density at radius 2 is 1.77 bits per heavy atom. The molecule has 0 saturated carbocycles. The molecule has 0 unspecified atom stereocenters. The first kappa shape index (κ1) is 20.4. The van der Waals surface area contributed by atoms with Crippen molar-refractivity contribution in [3.05, 3.63) is 95.4 Å². The van der Waals surface area contributed by atoms with Crippen LogP contribution in [0.5, 0.6) is 0 Å². The van der Waals surface area contributed by atoms with Gasteiger partial charge in [-0.05, 0) is 42.5 Å². The molecule has 0 spiro atoms. The lowest BCUT2D eigenvalue weighted by atomic mass is 10.2. The Hall–Kier alpha value is -3.84. The van der Waals surface area contributed by atoms with E-state index in [2.05, 4.69) is 20.9 Å². The van der Waals surface area contributed by atoms with Crippen LogP contribution >= 0.6 is 11.6 Å². The Morgan fingerprint density at radius 1 is 0.968 bits per heavy atom. The highest BCUT2D eigenvalue weighted by Gasteiger charge is 2.13. The standard InChI is InChI=1S/C23H20ClN5O2/c24-19-8-7-18(14-20(19)28-22(30)16-4-2-1-3-5-16)27-23(31)17-6-9-21(26-15-17)29-12-10-25-11-13-29/h1-10,12,14-15,25H,11,13H2,(H,27,31)(H,28,30). The van der Waals surface area contributed by atoms with Crippen LogP contribution in [0.15, 0.2) is 79.3 Å². The number of carbonyl (C=O) groups is 2. The van der Waals surface area contributed by atoms with E-state index in [1.807, 2.05) is 23.4 Å². The molecule has 8 heteroatoms. The lowest BCUT2D eigenvalue weighted by Gasteiger charge is -2.23. The quantitative estimate of drug-likeness (QED) is 0.563. The van der Waals surface area contributed by atoms with Gasteiger partial charge in [0.25, 0.3) is 11.8 Å². The van der Waals surface area contributed by atoms with E-state index < -0.39 is 0 Å². The second-order valence-electron chi connectivity index (χ2n) is 6.84. The topological polar surface area (TPSA) is 86.4 Å². The number of hydrogen-bond acceptors (Lipinski definition) is 5. The van der Waals surface area contributed by atoms with Crippen LogP contribution in [-0.4, -0.2) is 29.9 Å². The monoisotopic (exact) mass is 433 g/mol. The maximum absolute atomic E-state index is 12.6. The maximum atomic E-state index is 12.6. The minimum Gasteiger partial charge on any atom is -0.388 e. The average Bonchev–Trinajstić information content (AvgIpc) is 2.82. The van der Waals surface area contributed by atoms with Gasteiger partial charge in [-0.1, -0.05) is 29.8 Å². The van der Waals surface area contributed by atoms with Crippen LogP contribution in [0.25, 0.3) is 0 Å². The summed E-state index contributed by atoms with van der Waals surface area (Å²) in [5, 5.41) is 9.08. The van der Waals surface area contributed by atoms with E-state index in [9.17, 15) is 9.59 Å². The van der Waals surface area contributed by atoms with E-state index in [4.69, 9.17) is 11.6 Å². The number of pyridine rings is 1. The van der Waals surface area contributed by atoms with Crippen LogP contribution in [0.4, 0.5) is 17.2 Å². The SMILES string of the molecule is O=C(Nc1ccc(Cl)c(NC(=O)c2ccccc2)c1)c1ccc(N2C=CNCC2)nc1. The third-order valence-electron chi connectivity index (χ3n) is 4.68. The number of aromatic nitrogens is 1. The Balaban J connectivity index is 1.44. The molecule has 0 saturated heterocycles. The predicted molar refractivity (Wildman–Crippen MR) is 123 cm³/mol. The van der Waals surface area contributed by atoms with Crippen molar-refractivity contribution in [2.45, 2.75) is 0 Å². The van der Waals surface area contributed by atoms with Crippen molar-refractivity contribution in [1.82, 2.24) is 10.3 Å². The molecule has 4 rings (SSSR count). The number of benzene rings is 2. The van der Waals surface area contributed by atoms with Gasteiger partial charge < -0.3 is 20.9 Å². The van der Waals surface area contributed by atoms with Gasteiger partial charge in [-0.3, -0.25) is 9.59 Å². The third-order valence-corrected chi connectivity index (χ3v) is 5.01. The smallest absolute Gasteiger partial charge is 0.257 e. The van der Waals surface area contributed by atoms with Gasteiger partial charge >= 0.3 is 0 Å². The molecule has 0 aliphatic carbocycles. The Morgan fingerprint density at radius 3 is 2.48 bits per heavy atom. The van der Waals surface area contributed by atoms with E-state index >= 15 is 0 Å². The van der Waals surface area contributed by atoms with Crippen LogP contribution in [0.2, 0.25) is 5.02 Å². The van der Waals surface area contributed by atoms with Crippen molar-refractivity contribution in [2.24, 2.45) is 0 Å². The number of halogens is 1. The summed E-state index contributed by atoms with van der Waals surface area (Å²) in [6, 6.07) is 17.3. The van der Waals surface area contributed by atoms with Crippen molar-refractivity contribution >= 4 is 40.6 Å². The maximum Gasteiger partial charge on any atom is 0.257 e. The second kappa shape index (κ2) is 9.32. The van der Waals surface area contributed by atoms with Crippen molar-refractivity contribution in [3.8, 4) is 0 Å². The molecule has 7 nitrogen and oxygen atoms in total. The number of anilines is 3. The fraction of sp³-hybridized carbons (Fsp3) is 0.0870. The molecule has 2 heterocycles. The molecular formula is C23H20ClN5O2. The summed E-state index contributed by atoms with van der Waals surface area (Å²) >= 11 is 6.22. The lowest BCUT2D eigenvalue weighted by molar-refractivity contribution is 0.101. The zero-order valence-corrected chi connectivity index (χ0v) is 17.3. The van der Waals surface area contributed by atoms with E-state index in [1.54, 1.807) is 54.6 Å².